The van der Waals surface area contributed by atoms with E-state index < -0.39 is 0 Å². The third-order valence-corrected chi connectivity index (χ3v) is 4.01. The Bertz CT molecular complexity index is 140. The minimum atomic E-state index is 0. The first kappa shape index (κ1) is 11.0. The topological polar surface area (TPSA) is 12.0 Å². The Morgan fingerprint density at radius 2 is 1.92 bits per heavy atom. The molecule has 0 spiro atoms. The summed E-state index contributed by atoms with van der Waals surface area (Å²) in [5.74, 6) is 2.02. The molecule has 1 aliphatic carbocycles. The molecule has 0 aromatic carbocycles. The molecule has 0 aromatic heterocycles. The Kier molecular flexibility index (Phi) is 4.55. The maximum atomic E-state index is 3.73. The molecule has 2 aliphatic rings. The number of halogens is 2. The quantitative estimate of drug-likeness (QED) is 0.678. The van der Waals surface area contributed by atoms with Gasteiger partial charge in [-0.15, -0.1) is 17.0 Å². The highest BCUT2D eigenvalue weighted by Crippen LogP contribution is 2.36. The number of hydrogen-bond donors (Lipinski definition) is 1. The number of rotatable bonds is 0. The van der Waals surface area contributed by atoms with Crippen LogP contribution in [0.2, 0.25) is 0 Å². The highest BCUT2D eigenvalue weighted by molar-refractivity contribution is 9.09. The average Bonchev–Trinajstić information content (AvgIpc) is 2.04. The molecular formula is C9H17Br2N. The molecule has 3 atom stereocenters. The van der Waals surface area contributed by atoms with Gasteiger partial charge in [0.2, 0.25) is 0 Å². The molecule has 72 valence electrons. The Morgan fingerprint density at radius 3 is 2.75 bits per heavy atom. The van der Waals surface area contributed by atoms with Crippen LogP contribution in [0.5, 0.6) is 0 Å². The molecule has 0 bridgehead atoms. The van der Waals surface area contributed by atoms with Crippen LogP contribution < -0.4 is 5.32 Å². The minimum Gasteiger partial charge on any atom is -0.316 e. The molecule has 1 saturated heterocycles. The predicted octanol–water partition coefficient (Wildman–Crippen LogP) is 2.74. The standard InChI is InChI=1S/C9H16BrN.BrH/c10-9-2-1-8-6-11-4-3-7(8)5-9;/h7-9,11H,1-6H2;1H. The normalized spacial score (nSPS) is 41.2. The van der Waals surface area contributed by atoms with E-state index in [2.05, 4.69) is 21.2 Å². The molecule has 1 nitrogen and oxygen atoms in total. The second-order valence-electron chi connectivity index (χ2n) is 3.92. The van der Waals surface area contributed by atoms with E-state index in [0.29, 0.717) is 0 Å². The molecule has 1 heterocycles. The SMILES string of the molecule is Br.BrC1CCC2CNCCC2C1. The molecule has 0 radical (unpaired) electrons. The molecule has 1 aliphatic heterocycles. The van der Waals surface area contributed by atoms with Crippen LogP contribution in [-0.4, -0.2) is 17.9 Å². The fourth-order valence-corrected chi connectivity index (χ4v) is 3.21. The van der Waals surface area contributed by atoms with Crippen molar-refractivity contribution in [3.8, 4) is 0 Å². The second kappa shape index (κ2) is 4.97. The van der Waals surface area contributed by atoms with Gasteiger partial charge in [0, 0.05) is 4.83 Å². The Balaban J connectivity index is 0.000000720. The van der Waals surface area contributed by atoms with Crippen LogP contribution in [0.15, 0.2) is 0 Å². The number of fused-ring (bicyclic) bond motifs is 1. The number of hydrogen-bond acceptors (Lipinski definition) is 1. The van der Waals surface area contributed by atoms with E-state index in [9.17, 15) is 0 Å². The summed E-state index contributed by atoms with van der Waals surface area (Å²) < 4.78 is 0. The van der Waals surface area contributed by atoms with Gasteiger partial charge in [0.15, 0.2) is 0 Å². The zero-order valence-electron chi connectivity index (χ0n) is 7.26. The van der Waals surface area contributed by atoms with Crippen LogP contribution in [0.3, 0.4) is 0 Å². The maximum absolute atomic E-state index is 3.73. The van der Waals surface area contributed by atoms with Gasteiger partial charge in [-0.1, -0.05) is 15.9 Å². The highest BCUT2D eigenvalue weighted by Gasteiger charge is 2.30. The second-order valence-corrected chi connectivity index (χ2v) is 5.22. The van der Waals surface area contributed by atoms with E-state index in [1.54, 1.807) is 0 Å². The van der Waals surface area contributed by atoms with Crippen LogP contribution >= 0.6 is 32.9 Å². The summed E-state index contributed by atoms with van der Waals surface area (Å²) in [5.41, 5.74) is 0. The number of piperidine rings is 1. The Morgan fingerprint density at radius 1 is 1.08 bits per heavy atom. The third kappa shape index (κ3) is 2.46. The minimum absolute atomic E-state index is 0. The summed E-state index contributed by atoms with van der Waals surface area (Å²) in [5, 5.41) is 3.48. The van der Waals surface area contributed by atoms with Crippen molar-refractivity contribution >= 4 is 32.9 Å². The van der Waals surface area contributed by atoms with Crippen LogP contribution in [-0.2, 0) is 0 Å². The van der Waals surface area contributed by atoms with E-state index in [1.807, 2.05) is 0 Å². The lowest BCUT2D eigenvalue weighted by atomic mass is 9.76. The lowest BCUT2D eigenvalue weighted by Crippen LogP contribution is -2.40. The fraction of sp³-hybridized carbons (Fsp3) is 1.00. The maximum Gasteiger partial charge on any atom is 0.0148 e. The number of alkyl halides is 1. The monoisotopic (exact) mass is 297 g/mol. The van der Waals surface area contributed by atoms with Crippen LogP contribution in [0, 0.1) is 11.8 Å². The zero-order valence-corrected chi connectivity index (χ0v) is 10.6. The van der Waals surface area contributed by atoms with Crippen molar-refractivity contribution in [2.45, 2.75) is 30.5 Å². The van der Waals surface area contributed by atoms with Crippen molar-refractivity contribution in [1.29, 1.82) is 0 Å². The van der Waals surface area contributed by atoms with Crippen molar-refractivity contribution < 1.29 is 0 Å². The van der Waals surface area contributed by atoms with Crippen LogP contribution in [0.4, 0.5) is 0 Å². The van der Waals surface area contributed by atoms with Gasteiger partial charge < -0.3 is 5.32 Å². The lowest BCUT2D eigenvalue weighted by molar-refractivity contribution is 0.191. The summed E-state index contributed by atoms with van der Waals surface area (Å²) in [6, 6.07) is 0. The first-order valence-corrected chi connectivity index (χ1v) is 5.62. The van der Waals surface area contributed by atoms with E-state index in [4.69, 9.17) is 0 Å². The van der Waals surface area contributed by atoms with Crippen LogP contribution in [0.1, 0.15) is 25.7 Å². The third-order valence-electron chi connectivity index (χ3n) is 3.17. The fourth-order valence-electron chi connectivity index (χ4n) is 2.47. The molecule has 0 amide bonds. The molecule has 1 saturated carbocycles. The molecule has 2 fully saturated rings. The largest absolute Gasteiger partial charge is 0.316 e. The molecule has 1 N–H and O–H groups in total. The van der Waals surface area contributed by atoms with Gasteiger partial charge in [0.1, 0.15) is 0 Å². The Labute approximate surface area is 93.6 Å². The van der Waals surface area contributed by atoms with Gasteiger partial charge in [-0.05, 0) is 50.6 Å². The van der Waals surface area contributed by atoms with E-state index in [0.717, 1.165) is 16.7 Å². The molecule has 3 unspecified atom stereocenters. The molecule has 0 aromatic rings. The number of nitrogens with one attached hydrogen (secondary N) is 1. The summed E-state index contributed by atoms with van der Waals surface area (Å²) in [6.07, 6.45) is 5.66. The summed E-state index contributed by atoms with van der Waals surface area (Å²) in [6.45, 7) is 2.53. The summed E-state index contributed by atoms with van der Waals surface area (Å²) in [4.78, 5) is 0.821. The molecule has 3 heteroatoms. The summed E-state index contributed by atoms with van der Waals surface area (Å²) in [7, 11) is 0. The Hall–Kier alpha value is 0.920. The van der Waals surface area contributed by atoms with Crippen molar-refractivity contribution in [2.75, 3.05) is 13.1 Å². The van der Waals surface area contributed by atoms with Crippen LogP contribution in [0.25, 0.3) is 0 Å². The van der Waals surface area contributed by atoms with Gasteiger partial charge >= 0.3 is 0 Å². The van der Waals surface area contributed by atoms with Crippen molar-refractivity contribution in [3.05, 3.63) is 0 Å². The average molecular weight is 299 g/mol. The van der Waals surface area contributed by atoms with Gasteiger partial charge in [0.05, 0.1) is 0 Å². The smallest absolute Gasteiger partial charge is 0.0148 e. The van der Waals surface area contributed by atoms with Gasteiger partial charge in [0.25, 0.3) is 0 Å². The highest BCUT2D eigenvalue weighted by atomic mass is 79.9. The molecule has 2 rings (SSSR count). The zero-order chi connectivity index (χ0) is 7.68. The molecular weight excluding hydrogens is 282 g/mol. The van der Waals surface area contributed by atoms with Gasteiger partial charge in [-0.3, -0.25) is 0 Å². The van der Waals surface area contributed by atoms with E-state index >= 15 is 0 Å². The van der Waals surface area contributed by atoms with Crippen molar-refractivity contribution in [1.82, 2.24) is 5.32 Å². The van der Waals surface area contributed by atoms with E-state index in [-0.39, 0.29) is 17.0 Å². The van der Waals surface area contributed by atoms with Gasteiger partial charge in [-0.2, -0.15) is 0 Å². The van der Waals surface area contributed by atoms with Crippen molar-refractivity contribution in [2.24, 2.45) is 11.8 Å². The predicted molar refractivity (Wildman–Crippen MR) is 61.4 cm³/mol. The van der Waals surface area contributed by atoms with Crippen molar-refractivity contribution in [3.63, 3.8) is 0 Å². The molecule has 12 heavy (non-hydrogen) atoms. The lowest BCUT2D eigenvalue weighted by Gasteiger charge is -2.37. The van der Waals surface area contributed by atoms with E-state index in [1.165, 1.54) is 38.8 Å². The first-order chi connectivity index (χ1) is 5.36. The first-order valence-electron chi connectivity index (χ1n) is 4.71. The van der Waals surface area contributed by atoms with Gasteiger partial charge in [-0.25, -0.2) is 0 Å². The summed E-state index contributed by atoms with van der Waals surface area (Å²) >= 11 is 3.73.